The smallest absolute Gasteiger partial charge is 0.308 e. The average Bonchev–Trinajstić information content (AvgIpc) is 2.25. The van der Waals surface area contributed by atoms with Gasteiger partial charge in [-0.15, -0.1) is 0 Å². The number of benzene rings is 1. The molecule has 0 fully saturated rings. The predicted molar refractivity (Wildman–Crippen MR) is 75.7 cm³/mol. The van der Waals surface area contributed by atoms with Crippen LogP contribution >= 0.6 is 0 Å². The first-order chi connectivity index (χ1) is 9.04. The van der Waals surface area contributed by atoms with Crippen molar-refractivity contribution < 1.29 is 22.5 Å². The van der Waals surface area contributed by atoms with Crippen molar-refractivity contribution >= 4 is 16.1 Å². The highest BCUT2D eigenvalue weighted by molar-refractivity contribution is 7.85. The summed E-state index contributed by atoms with van der Waals surface area (Å²) in [6, 6.07) is 2.90. The highest BCUT2D eigenvalue weighted by atomic mass is 32.2. The van der Waals surface area contributed by atoms with E-state index in [1.807, 2.05) is 13.8 Å². The number of ether oxygens (including phenoxy) is 1. The lowest BCUT2D eigenvalue weighted by Crippen LogP contribution is -2.10. The number of esters is 1. The molecule has 1 rings (SSSR count). The highest BCUT2D eigenvalue weighted by Crippen LogP contribution is 2.35. The third kappa shape index (κ3) is 3.80. The Morgan fingerprint density at radius 3 is 1.95 bits per heavy atom. The van der Waals surface area contributed by atoms with Crippen LogP contribution in [-0.4, -0.2) is 18.9 Å². The maximum absolute atomic E-state index is 11.5. The molecule has 0 atom stereocenters. The summed E-state index contributed by atoms with van der Waals surface area (Å²) >= 11 is 0. The third-order valence-electron chi connectivity index (χ3n) is 2.92. The Bertz CT molecular complexity index is 615. The molecule has 5 nitrogen and oxygen atoms in total. The molecule has 6 heteroatoms. The fourth-order valence-corrected chi connectivity index (χ4v) is 2.83. The Kier molecular flexibility index (Phi) is 4.94. The zero-order valence-electron chi connectivity index (χ0n) is 12.3. The van der Waals surface area contributed by atoms with Crippen LogP contribution in [-0.2, 0) is 14.9 Å². The molecule has 0 radical (unpaired) electrons. The van der Waals surface area contributed by atoms with Gasteiger partial charge in [-0.05, 0) is 35.1 Å². The molecule has 0 bridgehead atoms. The van der Waals surface area contributed by atoms with Crippen LogP contribution < -0.4 is 4.74 Å². The molecule has 0 amide bonds. The van der Waals surface area contributed by atoms with Crippen LogP contribution in [0.1, 0.15) is 57.6 Å². The minimum Gasteiger partial charge on any atom is -0.426 e. The van der Waals surface area contributed by atoms with E-state index in [2.05, 4.69) is 0 Å². The van der Waals surface area contributed by atoms with Gasteiger partial charge >= 0.3 is 5.97 Å². The lowest BCUT2D eigenvalue weighted by Gasteiger charge is -2.18. The second-order valence-corrected chi connectivity index (χ2v) is 6.70. The van der Waals surface area contributed by atoms with Crippen LogP contribution in [0.15, 0.2) is 17.0 Å². The second-order valence-electron chi connectivity index (χ2n) is 5.31. The van der Waals surface area contributed by atoms with Gasteiger partial charge in [-0.1, -0.05) is 27.7 Å². The topological polar surface area (TPSA) is 80.7 Å². The Morgan fingerprint density at radius 2 is 1.60 bits per heavy atom. The van der Waals surface area contributed by atoms with Crippen molar-refractivity contribution in [3.8, 4) is 5.75 Å². The summed E-state index contributed by atoms with van der Waals surface area (Å²) in [6.07, 6.45) is 0. The normalized spacial score (nSPS) is 12.0. The number of rotatable bonds is 4. The first-order valence-corrected chi connectivity index (χ1v) is 7.81. The van der Waals surface area contributed by atoms with Crippen LogP contribution in [0.5, 0.6) is 5.75 Å². The highest BCUT2D eigenvalue weighted by Gasteiger charge is 2.23. The van der Waals surface area contributed by atoms with E-state index in [1.54, 1.807) is 13.8 Å². The van der Waals surface area contributed by atoms with E-state index in [9.17, 15) is 17.8 Å². The van der Waals surface area contributed by atoms with Gasteiger partial charge in [0.2, 0.25) is 0 Å². The lowest BCUT2D eigenvalue weighted by molar-refractivity contribution is -0.131. The van der Waals surface area contributed by atoms with Crippen molar-refractivity contribution in [1.82, 2.24) is 0 Å². The summed E-state index contributed by atoms with van der Waals surface area (Å²) in [5, 5.41) is 0. The van der Waals surface area contributed by atoms with Gasteiger partial charge in [0.15, 0.2) is 0 Å². The van der Waals surface area contributed by atoms with E-state index in [0.29, 0.717) is 16.9 Å². The summed E-state index contributed by atoms with van der Waals surface area (Å²) in [7, 11) is -4.32. The van der Waals surface area contributed by atoms with Gasteiger partial charge in [-0.3, -0.25) is 9.35 Å². The van der Waals surface area contributed by atoms with E-state index >= 15 is 0 Å². The summed E-state index contributed by atoms with van der Waals surface area (Å²) in [5.41, 5.74) is 0.991. The van der Waals surface area contributed by atoms with Crippen molar-refractivity contribution in [2.24, 2.45) is 0 Å². The van der Waals surface area contributed by atoms with E-state index in [4.69, 9.17) is 4.74 Å². The summed E-state index contributed by atoms with van der Waals surface area (Å²) < 4.78 is 37.5. The molecule has 0 aromatic heterocycles. The number of carbonyl (C=O) groups is 1. The van der Waals surface area contributed by atoms with Crippen LogP contribution in [0.2, 0.25) is 0 Å². The summed E-state index contributed by atoms with van der Waals surface area (Å²) in [6.45, 7) is 8.60. The minimum absolute atomic E-state index is 0.0499. The van der Waals surface area contributed by atoms with E-state index in [1.165, 1.54) is 19.1 Å². The molecular formula is C14H20O5S. The molecule has 0 unspecified atom stereocenters. The van der Waals surface area contributed by atoms with Gasteiger partial charge in [0.25, 0.3) is 10.1 Å². The maximum atomic E-state index is 11.5. The van der Waals surface area contributed by atoms with Gasteiger partial charge in [-0.2, -0.15) is 8.42 Å². The van der Waals surface area contributed by atoms with Crippen molar-refractivity contribution in [1.29, 1.82) is 0 Å². The predicted octanol–water partition coefficient (Wildman–Crippen LogP) is 3.11. The van der Waals surface area contributed by atoms with Crippen molar-refractivity contribution in [2.45, 2.75) is 51.3 Å². The first kappa shape index (κ1) is 16.7. The van der Waals surface area contributed by atoms with Gasteiger partial charge < -0.3 is 4.74 Å². The largest absolute Gasteiger partial charge is 0.426 e. The standard InChI is InChI=1S/C14H20O5S/c1-8(2)11-7-14(20(16,17)18)12(9(3)4)6-13(11)19-10(5)15/h6-9H,1-5H3,(H,16,17,18). The van der Waals surface area contributed by atoms with Crippen LogP contribution in [0.4, 0.5) is 0 Å². The number of carbonyl (C=O) groups excluding carboxylic acids is 1. The maximum Gasteiger partial charge on any atom is 0.308 e. The van der Waals surface area contributed by atoms with Gasteiger partial charge in [0.05, 0.1) is 4.90 Å². The van der Waals surface area contributed by atoms with E-state index < -0.39 is 16.1 Å². The molecule has 1 aromatic carbocycles. The zero-order valence-corrected chi connectivity index (χ0v) is 13.1. The van der Waals surface area contributed by atoms with Gasteiger partial charge in [-0.25, -0.2) is 0 Å². The molecule has 0 aliphatic carbocycles. The summed E-state index contributed by atoms with van der Waals surface area (Å²) in [4.78, 5) is 11.0. The van der Waals surface area contributed by atoms with Crippen molar-refractivity contribution in [3.63, 3.8) is 0 Å². The molecule has 0 spiro atoms. The van der Waals surface area contributed by atoms with E-state index in [-0.39, 0.29) is 16.7 Å². The van der Waals surface area contributed by atoms with Crippen LogP contribution in [0.25, 0.3) is 0 Å². The van der Waals surface area contributed by atoms with Gasteiger partial charge in [0.1, 0.15) is 5.75 Å². The molecule has 0 saturated heterocycles. The Balaban J connectivity index is 3.64. The Hall–Kier alpha value is -1.40. The minimum atomic E-state index is -4.32. The molecule has 112 valence electrons. The molecule has 0 saturated carbocycles. The molecule has 0 aliphatic heterocycles. The second kappa shape index (κ2) is 5.93. The van der Waals surface area contributed by atoms with Gasteiger partial charge in [0, 0.05) is 6.92 Å². The monoisotopic (exact) mass is 300 g/mol. The van der Waals surface area contributed by atoms with Crippen molar-refractivity contribution in [3.05, 3.63) is 23.3 Å². The molecule has 0 heterocycles. The third-order valence-corrected chi connectivity index (χ3v) is 3.83. The van der Waals surface area contributed by atoms with Crippen LogP contribution in [0, 0.1) is 0 Å². The summed E-state index contributed by atoms with van der Waals surface area (Å²) in [5.74, 6) is -0.321. The Labute approximate surface area is 119 Å². The van der Waals surface area contributed by atoms with Crippen LogP contribution in [0.3, 0.4) is 0 Å². The number of hydrogen-bond acceptors (Lipinski definition) is 4. The average molecular weight is 300 g/mol. The molecule has 20 heavy (non-hydrogen) atoms. The first-order valence-electron chi connectivity index (χ1n) is 6.37. The number of hydrogen-bond donors (Lipinski definition) is 1. The molecular weight excluding hydrogens is 280 g/mol. The Morgan fingerprint density at radius 1 is 1.10 bits per heavy atom. The SMILES string of the molecule is CC(=O)Oc1cc(C(C)C)c(S(=O)(=O)O)cc1C(C)C. The fourth-order valence-electron chi connectivity index (χ4n) is 1.96. The molecule has 0 aliphatic rings. The van der Waals surface area contributed by atoms with E-state index in [0.717, 1.165) is 0 Å². The fraction of sp³-hybridized carbons (Fsp3) is 0.500. The zero-order chi connectivity index (χ0) is 15.7. The lowest BCUT2D eigenvalue weighted by atomic mass is 9.96. The quantitative estimate of drug-likeness (QED) is 0.525. The molecule has 1 N–H and O–H groups in total. The van der Waals surface area contributed by atoms with Crippen molar-refractivity contribution in [2.75, 3.05) is 0 Å². The molecule has 1 aromatic rings.